The fourth-order valence-electron chi connectivity index (χ4n) is 2.84. The number of aromatic nitrogens is 4. The summed E-state index contributed by atoms with van der Waals surface area (Å²) in [5.74, 6) is -3.33. The van der Waals surface area contributed by atoms with E-state index in [0.717, 1.165) is 39.2 Å². The zero-order chi connectivity index (χ0) is 29.3. The Labute approximate surface area is 231 Å². The maximum Gasteiger partial charge on any atom is 0.328 e. The van der Waals surface area contributed by atoms with Crippen molar-refractivity contribution in [1.29, 1.82) is 0 Å². The van der Waals surface area contributed by atoms with Gasteiger partial charge in [0.05, 0.1) is 17.1 Å². The Morgan fingerprint density at radius 3 is 1.62 bits per heavy atom. The number of nitrogens with one attached hydrogen (secondary N) is 2. The highest BCUT2D eigenvalue weighted by molar-refractivity contribution is 7.98. The van der Waals surface area contributed by atoms with E-state index in [4.69, 9.17) is 25.4 Å². The molecule has 2 aromatic heterocycles. The molecule has 0 aliphatic carbocycles. The molecule has 6 N–H and O–H groups in total. The van der Waals surface area contributed by atoms with Crippen LogP contribution in [0, 0.1) is 0 Å². The second-order valence-electron chi connectivity index (χ2n) is 7.34. The van der Waals surface area contributed by atoms with E-state index in [2.05, 4.69) is 39.2 Å². The van der Waals surface area contributed by atoms with Gasteiger partial charge in [0.2, 0.25) is 0 Å². The van der Waals surface area contributed by atoms with E-state index in [1.807, 2.05) is 42.6 Å². The lowest BCUT2D eigenvalue weighted by Crippen LogP contribution is -1.91. The Hall–Kier alpha value is -5.43. The molecule has 12 nitrogen and oxygen atoms in total. The molecule has 4 rings (SSSR count). The fraction of sp³-hybridized carbons (Fsp3) is 0.0370. The SMILES string of the molecule is O=C(O)C=CC(=O)O.O=C(O)C=CC(=O)O.c1ccc(-c2nc(SCc3ncc[nH]3)[nH]c2-c2ccccc2)cc1. The van der Waals surface area contributed by atoms with Crippen LogP contribution in [-0.4, -0.2) is 64.2 Å². The number of carboxylic acids is 4. The van der Waals surface area contributed by atoms with Crippen LogP contribution in [0.2, 0.25) is 0 Å². The van der Waals surface area contributed by atoms with Crippen LogP contribution in [0.5, 0.6) is 0 Å². The van der Waals surface area contributed by atoms with Crippen molar-refractivity contribution in [1.82, 2.24) is 19.9 Å². The van der Waals surface area contributed by atoms with E-state index in [-0.39, 0.29) is 0 Å². The highest BCUT2D eigenvalue weighted by Gasteiger charge is 2.14. The molecular formula is C27H24N4O8S. The van der Waals surface area contributed by atoms with Crippen LogP contribution in [-0.2, 0) is 24.9 Å². The molecular weight excluding hydrogens is 540 g/mol. The van der Waals surface area contributed by atoms with Crippen molar-refractivity contribution in [3.05, 3.63) is 103 Å². The zero-order valence-electron chi connectivity index (χ0n) is 20.7. The van der Waals surface area contributed by atoms with Crippen molar-refractivity contribution < 1.29 is 39.6 Å². The van der Waals surface area contributed by atoms with Gasteiger partial charge in [0.15, 0.2) is 5.16 Å². The minimum absolute atomic E-state index is 0.558. The van der Waals surface area contributed by atoms with Gasteiger partial charge in [-0.1, -0.05) is 72.4 Å². The van der Waals surface area contributed by atoms with Gasteiger partial charge in [-0.25, -0.2) is 29.1 Å². The lowest BCUT2D eigenvalue weighted by atomic mass is 10.1. The quantitative estimate of drug-likeness (QED) is 0.125. The molecule has 2 aromatic carbocycles. The summed E-state index contributed by atoms with van der Waals surface area (Å²) in [5.41, 5.74) is 4.26. The minimum Gasteiger partial charge on any atom is -0.478 e. The number of benzene rings is 2. The highest BCUT2D eigenvalue weighted by Crippen LogP contribution is 2.33. The second kappa shape index (κ2) is 16.4. The van der Waals surface area contributed by atoms with Gasteiger partial charge in [0.25, 0.3) is 0 Å². The third-order valence-corrected chi connectivity index (χ3v) is 5.31. The number of hydrogen-bond donors (Lipinski definition) is 6. The van der Waals surface area contributed by atoms with Crippen LogP contribution in [0.3, 0.4) is 0 Å². The van der Waals surface area contributed by atoms with Gasteiger partial charge in [0, 0.05) is 47.8 Å². The molecule has 0 bridgehead atoms. The van der Waals surface area contributed by atoms with E-state index in [9.17, 15) is 19.2 Å². The largest absolute Gasteiger partial charge is 0.478 e. The summed E-state index contributed by atoms with van der Waals surface area (Å²) in [5, 5.41) is 32.1. The molecule has 0 amide bonds. The summed E-state index contributed by atoms with van der Waals surface area (Å²) in [6.07, 6.45) is 5.83. The summed E-state index contributed by atoms with van der Waals surface area (Å²) < 4.78 is 0. The third kappa shape index (κ3) is 11.7. The van der Waals surface area contributed by atoms with Crippen LogP contribution in [0.1, 0.15) is 5.82 Å². The predicted molar refractivity (Wildman–Crippen MR) is 146 cm³/mol. The van der Waals surface area contributed by atoms with Gasteiger partial charge < -0.3 is 30.4 Å². The maximum atomic E-state index is 9.55. The van der Waals surface area contributed by atoms with Crippen molar-refractivity contribution >= 4 is 35.6 Å². The standard InChI is InChI=1S/C19H16N4S.2C4H4O4/c1-3-7-14(8-4-1)17-18(15-9-5-2-6-10-15)23-19(22-17)24-13-16-20-11-12-21-16;2*5-3(6)1-2-4(7)8/h1-12H,13H2,(H,20,21)(H,22,23);2*1-2H,(H,5,6)(H,7,8). The molecule has 0 saturated carbocycles. The monoisotopic (exact) mass is 564 g/mol. The number of hydrogen-bond acceptors (Lipinski definition) is 7. The van der Waals surface area contributed by atoms with Gasteiger partial charge in [-0.05, 0) is 0 Å². The van der Waals surface area contributed by atoms with E-state index in [0.29, 0.717) is 24.3 Å². The first-order valence-electron chi connectivity index (χ1n) is 11.3. The minimum atomic E-state index is -1.26. The number of imidazole rings is 2. The van der Waals surface area contributed by atoms with E-state index >= 15 is 0 Å². The fourth-order valence-corrected chi connectivity index (χ4v) is 3.60. The summed E-state index contributed by atoms with van der Waals surface area (Å²) in [6, 6.07) is 20.6. The number of rotatable bonds is 9. The second-order valence-corrected chi connectivity index (χ2v) is 8.31. The van der Waals surface area contributed by atoms with E-state index < -0.39 is 23.9 Å². The number of carbonyl (C=O) groups is 4. The summed E-state index contributed by atoms with van der Waals surface area (Å²) >= 11 is 1.64. The summed E-state index contributed by atoms with van der Waals surface area (Å²) in [7, 11) is 0. The molecule has 0 saturated heterocycles. The normalized spacial score (nSPS) is 10.3. The van der Waals surface area contributed by atoms with Crippen molar-refractivity contribution in [3.63, 3.8) is 0 Å². The molecule has 0 aliphatic heterocycles. The van der Waals surface area contributed by atoms with Gasteiger partial charge >= 0.3 is 23.9 Å². The third-order valence-electron chi connectivity index (χ3n) is 4.43. The van der Waals surface area contributed by atoms with Gasteiger partial charge in [-0.2, -0.15) is 0 Å². The first kappa shape index (κ1) is 30.8. The van der Waals surface area contributed by atoms with Gasteiger partial charge in [-0.3, -0.25) is 0 Å². The molecule has 40 heavy (non-hydrogen) atoms. The lowest BCUT2D eigenvalue weighted by molar-refractivity contribution is -0.134. The van der Waals surface area contributed by atoms with Crippen molar-refractivity contribution in [2.75, 3.05) is 0 Å². The smallest absolute Gasteiger partial charge is 0.328 e. The van der Waals surface area contributed by atoms with Gasteiger partial charge in [-0.15, -0.1) is 0 Å². The number of aliphatic carboxylic acids is 4. The molecule has 0 unspecified atom stereocenters. The molecule has 0 spiro atoms. The van der Waals surface area contributed by atoms with E-state index in [1.54, 1.807) is 18.0 Å². The van der Waals surface area contributed by atoms with Crippen LogP contribution >= 0.6 is 11.8 Å². The Kier molecular flexibility index (Phi) is 12.6. The average Bonchev–Trinajstić information content (AvgIpc) is 3.62. The highest BCUT2D eigenvalue weighted by atomic mass is 32.2. The molecule has 0 fully saturated rings. The molecule has 4 aromatic rings. The van der Waals surface area contributed by atoms with Crippen molar-refractivity contribution in [2.45, 2.75) is 10.9 Å². The Morgan fingerprint density at radius 1 is 0.725 bits per heavy atom. The Morgan fingerprint density at radius 2 is 1.20 bits per heavy atom. The first-order chi connectivity index (χ1) is 19.2. The molecule has 206 valence electrons. The summed E-state index contributed by atoms with van der Waals surface area (Å²) in [4.78, 5) is 53.9. The topological polar surface area (TPSA) is 207 Å². The summed E-state index contributed by atoms with van der Waals surface area (Å²) in [6.45, 7) is 0. The van der Waals surface area contributed by atoms with Crippen LogP contribution in [0.25, 0.3) is 22.5 Å². The van der Waals surface area contributed by atoms with Gasteiger partial charge in [0.1, 0.15) is 5.82 Å². The number of aromatic amines is 2. The number of nitrogens with zero attached hydrogens (tertiary/aromatic N) is 2. The molecule has 2 heterocycles. The molecule has 0 radical (unpaired) electrons. The predicted octanol–water partition coefficient (Wildman–Crippen LogP) is 4.18. The maximum absolute atomic E-state index is 9.55. The van der Waals surface area contributed by atoms with Crippen LogP contribution < -0.4 is 0 Å². The van der Waals surface area contributed by atoms with Crippen molar-refractivity contribution in [3.8, 4) is 22.5 Å². The average molecular weight is 565 g/mol. The van der Waals surface area contributed by atoms with Crippen molar-refractivity contribution in [2.24, 2.45) is 0 Å². The Bertz CT molecular complexity index is 1330. The Balaban J connectivity index is 0.000000290. The number of thioether (sulfide) groups is 1. The van der Waals surface area contributed by atoms with E-state index in [1.165, 1.54) is 0 Å². The van der Waals surface area contributed by atoms with Crippen LogP contribution in [0.15, 0.2) is 103 Å². The van der Waals surface area contributed by atoms with Crippen LogP contribution in [0.4, 0.5) is 0 Å². The molecule has 13 heteroatoms. The lowest BCUT2D eigenvalue weighted by Gasteiger charge is -2.02. The molecule has 0 aliphatic rings. The zero-order valence-corrected chi connectivity index (χ0v) is 21.5. The molecule has 0 atom stereocenters. The number of H-pyrrole nitrogens is 2. The first-order valence-corrected chi connectivity index (χ1v) is 12.2. The number of carboxylic acid groups (broad SMARTS) is 4.